The number of hydrogen-bond acceptors (Lipinski definition) is 5. The summed E-state index contributed by atoms with van der Waals surface area (Å²) in [7, 11) is 0. The zero-order valence-corrected chi connectivity index (χ0v) is 9.18. The van der Waals surface area contributed by atoms with Crippen LogP contribution in [0.15, 0.2) is 12.4 Å². The van der Waals surface area contributed by atoms with Gasteiger partial charge in [0.2, 0.25) is 11.9 Å². The Balaban J connectivity index is 2.19. The second-order valence-electron chi connectivity index (χ2n) is 3.76. The molecule has 3 N–H and O–H groups in total. The van der Waals surface area contributed by atoms with Crippen molar-refractivity contribution in [3.05, 3.63) is 18.0 Å². The Hall–Kier alpha value is -1.69. The summed E-state index contributed by atoms with van der Waals surface area (Å²) in [4.78, 5) is 21.8. The number of nitrogens with zero attached hydrogens (tertiary/aromatic N) is 3. The number of nitrogens with one attached hydrogen (secondary N) is 1. The standard InChI is InChI=1S/C10H15N5O/c1-7-9(16)12-2-3-15(7)10-13-5-8(4-11)6-14-10/h5-7H,2-4,11H2,1H3,(H,12,16). The lowest BCUT2D eigenvalue weighted by Crippen LogP contribution is -2.54. The fourth-order valence-electron chi connectivity index (χ4n) is 1.66. The number of hydrogen-bond donors (Lipinski definition) is 2. The van der Waals surface area contributed by atoms with Crippen LogP contribution in [0.25, 0.3) is 0 Å². The lowest BCUT2D eigenvalue weighted by molar-refractivity contribution is -0.122. The molecule has 1 unspecified atom stereocenters. The van der Waals surface area contributed by atoms with E-state index in [0.29, 0.717) is 19.0 Å². The van der Waals surface area contributed by atoms with Gasteiger partial charge in [-0.25, -0.2) is 9.97 Å². The highest BCUT2D eigenvalue weighted by atomic mass is 16.2. The van der Waals surface area contributed by atoms with E-state index in [1.165, 1.54) is 0 Å². The summed E-state index contributed by atoms with van der Waals surface area (Å²) in [6.07, 6.45) is 3.39. The SMILES string of the molecule is CC1C(=O)NCCN1c1ncc(CN)cn1. The quantitative estimate of drug-likeness (QED) is 0.687. The van der Waals surface area contributed by atoms with Crippen LogP contribution in [0.2, 0.25) is 0 Å². The molecule has 0 bridgehead atoms. The van der Waals surface area contributed by atoms with Gasteiger partial charge in [-0.15, -0.1) is 0 Å². The summed E-state index contributed by atoms with van der Waals surface area (Å²) in [5.74, 6) is 0.595. The molecule has 0 radical (unpaired) electrons. The van der Waals surface area contributed by atoms with Crippen LogP contribution in [0.3, 0.4) is 0 Å². The highest BCUT2D eigenvalue weighted by Crippen LogP contribution is 2.12. The number of carbonyl (C=O) groups is 1. The number of nitrogens with two attached hydrogens (primary N) is 1. The van der Waals surface area contributed by atoms with Crippen LogP contribution in [-0.2, 0) is 11.3 Å². The summed E-state index contributed by atoms with van der Waals surface area (Å²) in [6.45, 7) is 3.63. The normalized spacial score (nSPS) is 20.8. The molecule has 2 heterocycles. The van der Waals surface area contributed by atoms with Crippen LogP contribution < -0.4 is 16.0 Å². The molecule has 6 nitrogen and oxygen atoms in total. The van der Waals surface area contributed by atoms with E-state index in [9.17, 15) is 4.79 Å². The van der Waals surface area contributed by atoms with Crippen molar-refractivity contribution in [2.24, 2.45) is 5.73 Å². The van der Waals surface area contributed by atoms with Gasteiger partial charge in [0.25, 0.3) is 0 Å². The van der Waals surface area contributed by atoms with Gasteiger partial charge in [-0.05, 0) is 6.92 Å². The second-order valence-corrected chi connectivity index (χ2v) is 3.76. The molecule has 0 aromatic carbocycles. The zero-order valence-electron chi connectivity index (χ0n) is 9.18. The molecular weight excluding hydrogens is 206 g/mol. The van der Waals surface area contributed by atoms with Crippen molar-refractivity contribution >= 4 is 11.9 Å². The monoisotopic (exact) mass is 221 g/mol. The molecule has 86 valence electrons. The van der Waals surface area contributed by atoms with Crippen molar-refractivity contribution in [2.45, 2.75) is 19.5 Å². The third-order valence-corrected chi connectivity index (χ3v) is 2.68. The van der Waals surface area contributed by atoms with Gasteiger partial charge in [-0.3, -0.25) is 4.79 Å². The van der Waals surface area contributed by atoms with E-state index in [1.807, 2.05) is 11.8 Å². The predicted molar refractivity (Wildman–Crippen MR) is 59.7 cm³/mol. The molecule has 1 aliphatic heterocycles. The zero-order chi connectivity index (χ0) is 11.5. The van der Waals surface area contributed by atoms with Gasteiger partial charge < -0.3 is 16.0 Å². The fraction of sp³-hybridized carbons (Fsp3) is 0.500. The average Bonchev–Trinajstić information content (AvgIpc) is 2.33. The first kappa shape index (κ1) is 10.8. The minimum Gasteiger partial charge on any atom is -0.353 e. The van der Waals surface area contributed by atoms with Crippen molar-refractivity contribution in [3.63, 3.8) is 0 Å². The van der Waals surface area contributed by atoms with Crippen molar-refractivity contribution in [1.82, 2.24) is 15.3 Å². The van der Waals surface area contributed by atoms with E-state index in [0.717, 1.165) is 12.1 Å². The maximum Gasteiger partial charge on any atom is 0.242 e. The first-order valence-corrected chi connectivity index (χ1v) is 5.27. The van der Waals surface area contributed by atoms with Crippen molar-refractivity contribution in [3.8, 4) is 0 Å². The summed E-state index contributed by atoms with van der Waals surface area (Å²) in [5.41, 5.74) is 6.36. The Morgan fingerprint density at radius 2 is 2.25 bits per heavy atom. The molecule has 1 fully saturated rings. The summed E-state index contributed by atoms with van der Waals surface area (Å²) in [6, 6.07) is -0.225. The Labute approximate surface area is 93.9 Å². The molecule has 1 amide bonds. The minimum absolute atomic E-state index is 0.0118. The molecule has 6 heteroatoms. The molecule has 0 aliphatic carbocycles. The Kier molecular flexibility index (Phi) is 3.00. The van der Waals surface area contributed by atoms with Crippen LogP contribution in [0.5, 0.6) is 0 Å². The number of rotatable bonds is 2. The molecule has 16 heavy (non-hydrogen) atoms. The highest BCUT2D eigenvalue weighted by molar-refractivity contribution is 5.85. The van der Waals surface area contributed by atoms with Gasteiger partial charge in [0.05, 0.1) is 0 Å². The van der Waals surface area contributed by atoms with Crippen LogP contribution in [-0.4, -0.2) is 35.0 Å². The molecule has 0 spiro atoms. The number of carbonyl (C=O) groups excluding carboxylic acids is 1. The predicted octanol–water partition coefficient (Wildman–Crippen LogP) is -0.740. The van der Waals surface area contributed by atoms with Gasteiger partial charge in [0.1, 0.15) is 6.04 Å². The van der Waals surface area contributed by atoms with Crippen molar-refractivity contribution < 1.29 is 4.79 Å². The molecule has 1 saturated heterocycles. The Morgan fingerprint density at radius 3 is 2.88 bits per heavy atom. The molecule has 1 aliphatic rings. The van der Waals surface area contributed by atoms with Gasteiger partial charge in [-0.1, -0.05) is 0 Å². The third-order valence-electron chi connectivity index (χ3n) is 2.68. The lowest BCUT2D eigenvalue weighted by atomic mass is 10.2. The first-order chi connectivity index (χ1) is 7.72. The largest absolute Gasteiger partial charge is 0.353 e. The number of anilines is 1. The maximum absolute atomic E-state index is 11.5. The number of amides is 1. The summed E-state index contributed by atoms with van der Waals surface area (Å²) in [5, 5.41) is 2.80. The van der Waals surface area contributed by atoms with Crippen LogP contribution in [0.1, 0.15) is 12.5 Å². The molecule has 1 aromatic heterocycles. The van der Waals surface area contributed by atoms with Crippen molar-refractivity contribution in [1.29, 1.82) is 0 Å². The topological polar surface area (TPSA) is 84.1 Å². The molecular formula is C10H15N5O. The molecule has 0 saturated carbocycles. The van der Waals surface area contributed by atoms with E-state index in [-0.39, 0.29) is 11.9 Å². The van der Waals surface area contributed by atoms with Gasteiger partial charge in [-0.2, -0.15) is 0 Å². The smallest absolute Gasteiger partial charge is 0.242 e. The van der Waals surface area contributed by atoms with E-state index in [4.69, 9.17) is 5.73 Å². The van der Waals surface area contributed by atoms with E-state index < -0.39 is 0 Å². The Bertz CT molecular complexity index is 377. The number of aromatic nitrogens is 2. The van der Waals surface area contributed by atoms with Gasteiger partial charge in [0, 0.05) is 37.6 Å². The van der Waals surface area contributed by atoms with E-state index in [2.05, 4.69) is 15.3 Å². The lowest BCUT2D eigenvalue weighted by Gasteiger charge is -2.32. The molecule has 1 atom stereocenters. The van der Waals surface area contributed by atoms with Gasteiger partial charge in [0.15, 0.2) is 0 Å². The molecule has 2 rings (SSSR count). The molecule has 1 aromatic rings. The summed E-state index contributed by atoms with van der Waals surface area (Å²) >= 11 is 0. The minimum atomic E-state index is -0.225. The second kappa shape index (κ2) is 4.44. The van der Waals surface area contributed by atoms with Crippen LogP contribution in [0, 0.1) is 0 Å². The maximum atomic E-state index is 11.5. The van der Waals surface area contributed by atoms with E-state index >= 15 is 0 Å². The third kappa shape index (κ3) is 1.96. The first-order valence-electron chi connectivity index (χ1n) is 5.27. The van der Waals surface area contributed by atoms with Gasteiger partial charge >= 0.3 is 0 Å². The Morgan fingerprint density at radius 1 is 1.56 bits per heavy atom. The van der Waals surface area contributed by atoms with Crippen LogP contribution in [0.4, 0.5) is 5.95 Å². The van der Waals surface area contributed by atoms with Crippen molar-refractivity contribution in [2.75, 3.05) is 18.0 Å². The summed E-state index contributed by atoms with van der Waals surface area (Å²) < 4.78 is 0. The number of piperazine rings is 1. The average molecular weight is 221 g/mol. The van der Waals surface area contributed by atoms with Crippen LogP contribution >= 0.6 is 0 Å². The van der Waals surface area contributed by atoms with E-state index in [1.54, 1.807) is 12.4 Å². The highest BCUT2D eigenvalue weighted by Gasteiger charge is 2.26. The fourth-order valence-corrected chi connectivity index (χ4v) is 1.66.